The summed E-state index contributed by atoms with van der Waals surface area (Å²) < 4.78 is 14.4. The molecule has 0 radical (unpaired) electrons. The van der Waals surface area contributed by atoms with Gasteiger partial charge in [0, 0.05) is 32.9 Å². The van der Waals surface area contributed by atoms with Crippen LogP contribution in [0.5, 0.6) is 11.5 Å². The number of hydrogen-bond donors (Lipinski definition) is 1. The number of nitrogens with one attached hydrogen (secondary N) is 1. The van der Waals surface area contributed by atoms with E-state index in [4.69, 9.17) is 9.47 Å². The van der Waals surface area contributed by atoms with Crippen LogP contribution < -0.4 is 26.0 Å². The lowest BCUT2D eigenvalue weighted by Crippen LogP contribution is -2.37. The van der Waals surface area contributed by atoms with Crippen LogP contribution in [0.1, 0.15) is 5.56 Å². The molecule has 0 aliphatic carbocycles. The van der Waals surface area contributed by atoms with Gasteiger partial charge in [-0.25, -0.2) is 4.79 Å². The van der Waals surface area contributed by atoms with Crippen molar-refractivity contribution >= 4 is 16.9 Å². The van der Waals surface area contributed by atoms with Crippen molar-refractivity contribution in [2.75, 3.05) is 14.2 Å². The third kappa shape index (κ3) is 3.51. The molecule has 9 heteroatoms. The second-order valence-corrected chi connectivity index (χ2v) is 6.38. The number of aryl methyl sites for hydroxylation is 1. The van der Waals surface area contributed by atoms with Gasteiger partial charge in [-0.1, -0.05) is 0 Å². The van der Waals surface area contributed by atoms with Gasteiger partial charge in [0.05, 0.1) is 19.6 Å². The number of fused-ring (bicyclic) bond motifs is 1. The molecule has 148 valence electrons. The Labute approximate surface area is 160 Å². The molecule has 0 fully saturated rings. The van der Waals surface area contributed by atoms with Crippen LogP contribution in [0, 0.1) is 0 Å². The maximum Gasteiger partial charge on any atom is 0.332 e. The molecule has 1 N–H and O–H groups in total. The molecule has 1 amide bonds. The van der Waals surface area contributed by atoms with Gasteiger partial charge in [0.2, 0.25) is 5.91 Å². The van der Waals surface area contributed by atoms with E-state index < -0.39 is 5.69 Å². The van der Waals surface area contributed by atoms with Crippen LogP contribution in [0.15, 0.2) is 40.1 Å². The minimum Gasteiger partial charge on any atom is -0.497 e. The van der Waals surface area contributed by atoms with E-state index in [1.54, 1.807) is 56.3 Å². The van der Waals surface area contributed by atoms with Crippen LogP contribution >= 0.6 is 0 Å². The number of carbonyl (C=O) groups is 1. The van der Waals surface area contributed by atoms with Crippen molar-refractivity contribution in [2.45, 2.75) is 13.1 Å². The molecule has 0 bridgehead atoms. The van der Waals surface area contributed by atoms with Crippen LogP contribution in [0.2, 0.25) is 0 Å². The van der Waals surface area contributed by atoms with Crippen LogP contribution in [0.3, 0.4) is 0 Å². The van der Waals surface area contributed by atoms with Crippen molar-refractivity contribution in [3.8, 4) is 11.5 Å². The van der Waals surface area contributed by atoms with E-state index in [1.165, 1.54) is 11.6 Å². The SMILES string of the molecule is COc1cc(CNC(=O)Cn2ccc3c(=O)n(C)c(=O)n(C)c32)cc(OC)c1. The molecule has 0 unspecified atom stereocenters. The number of methoxy groups -OCH3 is 2. The Bertz CT molecular complexity index is 1130. The summed E-state index contributed by atoms with van der Waals surface area (Å²) in [5.41, 5.74) is 0.400. The zero-order valence-electron chi connectivity index (χ0n) is 16.2. The van der Waals surface area contributed by atoms with Crippen molar-refractivity contribution in [2.24, 2.45) is 14.1 Å². The van der Waals surface area contributed by atoms with E-state index in [-0.39, 0.29) is 24.6 Å². The molecule has 3 rings (SSSR count). The summed E-state index contributed by atoms with van der Waals surface area (Å²) in [7, 11) is 6.11. The summed E-state index contributed by atoms with van der Waals surface area (Å²) in [5.74, 6) is 1.00. The highest BCUT2D eigenvalue weighted by Crippen LogP contribution is 2.22. The summed E-state index contributed by atoms with van der Waals surface area (Å²) >= 11 is 0. The number of nitrogens with zero attached hydrogens (tertiary/aromatic N) is 3. The molecule has 28 heavy (non-hydrogen) atoms. The quantitative estimate of drug-likeness (QED) is 0.660. The maximum absolute atomic E-state index is 12.4. The molecule has 0 saturated carbocycles. The third-order valence-corrected chi connectivity index (χ3v) is 4.58. The lowest BCUT2D eigenvalue weighted by molar-refractivity contribution is -0.121. The van der Waals surface area contributed by atoms with Gasteiger partial charge in [0.25, 0.3) is 5.56 Å². The van der Waals surface area contributed by atoms with Gasteiger partial charge in [-0.3, -0.25) is 18.7 Å². The van der Waals surface area contributed by atoms with Crippen molar-refractivity contribution in [3.05, 3.63) is 56.9 Å². The second kappa shape index (κ2) is 7.63. The minimum absolute atomic E-state index is 0.0228. The van der Waals surface area contributed by atoms with Gasteiger partial charge < -0.3 is 19.4 Å². The summed E-state index contributed by atoms with van der Waals surface area (Å²) in [6.45, 7) is 0.261. The van der Waals surface area contributed by atoms with Crippen LogP contribution in [0.25, 0.3) is 11.0 Å². The van der Waals surface area contributed by atoms with Gasteiger partial charge in [0.15, 0.2) is 0 Å². The highest BCUT2D eigenvalue weighted by atomic mass is 16.5. The number of benzene rings is 1. The fraction of sp³-hybridized carbons (Fsp3) is 0.316. The van der Waals surface area contributed by atoms with Crippen molar-refractivity contribution in [1.29, 1.82) is 0 Å². The Balaban J connectivity index is 1.79. The second-order valence-electron chi connectivity index (χ2n) is 6.38. The molecule has 9 nitrogen and oxygen atoms in total. The first-order valence-electron chi connectivity index (χ1n) is 8.59. The molecule has 2 aromatic heterocycles. The van der Waals surface area contributed by atoms with Crippen molar-refractivity contribution in [1.82, 2.24) is 19.0 Å². The first-order chi connectivity index (χ1) is 13.3. The molecule has 0 aliphatic rings. The number of rotatable bonds is 6. The fourth-order valence-corrected chi connectivity index (χ4v) is 3.10. The van der Waals surface area contributed by atoms with Gasteiger partial charge in [-0.2, -0.15) is 0 Å². The maximum atomic E-state index is 12.4. The standard InChI is InChI=1S/C19H22N4O5/c1-21-17-15(18(25)22(2)19(21)26)5-6-23(17)11-16(24)20-10-12-7-13(27-3)9-14(8-12)28-4/h5-9H,10-11H2,1-4H3,(H,20,24). The van der Waals surface area contributed by atoms with Crippen LogP contribution in [-0.2, 0) is 32.0 Å². The Morgan fingerprint density at radius 2 is 1.68 bits per heavy atom. The number of amides is 1. The van der Waals surface area contributed by atoms with Gasteiger partial charge in [-0.05, 0) is 23.8 Å². The third-order valence-electron chi connectivity index (χ3n) is 4.58. The molecular weight excluding hydrogens is 364 g/mol. The highest BCUT2D eigenvalue weighted by Gasteiger charge is 2.14. The molecule has 0 atom stereocenters. The lowest BCUT2D eigenvalue weighted by atomic mass is 10.2. The Morgan fingerprint density at radius 1 is 1.04 bits per heavy atom. The molecule has 0 saturated heterocycles. The fourth-order valence-electron chi connectivity index (χ4n) is 3.10. The zero-order valence-corrected chi connectivity index (χ0v) is 16.2. The summed E-state index contributed by atoms with van der Waals surface area (Å²) in [6, 6.07) is 6.97. The van der Waals surface area contributed by atoms with E-state index >= 15 is 0 Å². The first kappa shape index (κ1) is 19.3. The Morgan fingerprint density at radius 3 is 2.29 bits per heavy atom. The van der Waals surface area contributed by atoms with Gasteiger partial charge >= 0.3 is 5.69 Å². The summed E-state index contributed by atoms with van der Waals surface area (Å²) in [4.78, 5) is 36.8. The van der Waals surface area contributed by atoms with E-state index in [1.807, 2.05) is 0 Å². The van der Waals surface area contributed by atoms with Gasteiger partial charge in [0.1, 0.15) is 23.7 Å². The Hall–Kier alpha value is -3.49. The topological polar surface area (TPSA) is 96.5 Å². The smallest absolute Gasteiger partial charge is 0.332 e. The van der Waals surface area contributed by atoms with Crippen molar-refractivity contribution < 1.29 is 14.3 Å². The highest BCUT2D eigenvalue weighted by molar-refractivity contribution is 5.80. The number of aromatic nitrogens is 3. The predicted molar refractivity (Wildman–Crippen MR) is 104 cm³/mol. The zero-order chi connectivity index (χ0) is 20.4. The molecule has 2 heterocycles. The van der Waals surface area contributed by atoms with Crippen LogP contribution in [-0.4, -0.2) is 33.8 Å². The molecule has 3 aromatic rings. The van der Waals surface area contributed by atoms with E-state index in [0.29, 0.717) is 22.5 Å². The first-order valence-corrected chi connectivity index (χ1v) is 8.59. The van der Waals surface area contributed by atoms with Gasteiger partial charge in [-0.15, -0.1) is 0 Å². The number of carbonyl (C=O) groups excluding carboxylic acids is 1. The predicted octanol–water partition coefficient (Wildman–Crippen LogP) is 0.372. The lowest BCUT2D eigenvalue weighted by Gasteiger charge is -2.11. The Kier molecular flexibility index (Phi) is 5.25. The number of ether oxygens (including phenoxy) is 2. The van der Waals surface area contributed by atoms with Crippen molar-refractivity contribution in [3.63, 3.8) is 0 Å². The van der Waals surface area contributed by atoms with E-state index in [0.717, 1.165) is 10.1 Å². The normalized spacial score (nSPS) is 10.9. The summed E-state index contributed by atoms with van der Waals surface area (Å²) in [5, 5.41) is 3.21. The molecular formula is C19H22N4O5. The molecule has 0 aliphatic heterocycles. The monoisotopic (exact) mass is 386 g/mol. The van der Waals surface area contributed by atoms with E-state index in [2.05, 4.69) is 5.32 Å². The van der Waals surface area contributed by atoms with Crippen LogP contribution in [0.4, 0.5) is 0 Å². The average molecular weight is 386 g/mol. The minimum atomic E-state index is -0.443. The largest absolute Gasteiger partial charge is 0.497 e. The average Bonchev–Trinajstić information content (AvgIpc) is 3.12. The van der Waals surface area contributed by atoms with E-state index in [9.17, 15) is 14.4 Å². The molecule has 0 spiro atoms. The summed E-state index contributed by atoms with van der Waals surface area (Å²) in [6.07, 6.45) is 1.62. The molecule has 1 aromatic carbocycles. The number of hydrogen-bond acceptors (Lipinski definition) is 5.